The molecular formula is C15H22N2O. The lowest BCUT2D eigenvalue weighted by Gasteiger charge is -2.13. The molecule has 1 aromatic carbocycles. The highest BCUT2D eigenvalue weighted by Crippen LogP contribution is 2.23. The number of allylic oxidation sites excluding steroid dienone is 1. The van der Waals surface area contributed by atoms with Crippen LogP contribution in [0, 0.1) is 0 Å². The zero-order valence-electron chi connectivity index (χ0n) is 11.6. The number of carbonyl (C=O) groups is 1. The predicted molar refractivity (Wildman–Crippen MR) is 76.7 cm³/mol. The van der Waals surface area contributed by atoms with E-state index in [9.17, 15) is 4.79 Å². The Balaban J connectivity index is 2.70. The predicted octanol–water partition coefficient (Wildman–Crippen LogP) is 4.25. The van der Waals surface area contributed by atoms with E-state index in [1.807, 2.05) is 31.2 Å². The van der Waals surface area contributed by atoms with E-state index < -0.39 is 0 Å². The molecule has 98 valence electrons. The highest BCUT2D eigenvalue weighted by Gasteiger charge is 2.07. The van der Waals surface area contributed by atoms with Gasteiger partial charge in [0.05, 0.1) is 0 Å². The standard InChI is InChI=1S/C15H22N2O/c1-5-12(4)10-16-15(18)17-14-9-7-6-8-13(14)11(2)3/h6-11H,5H2,1-4H3,(H2,16,17,18)/b12-10+. The summed E-state index contributed by atoms with van der Waals surface area (Å²) in [5, 5.41) is 5.61. The van der Waals surface area contributed by atoms with E-state index in [0.717, 1.165) is 23.2 Å². The molecule has 0 aliphatic heterocycles. The van der Waals surface area contributed by atoms with Gasteiger partial charge in [-0.1, -0.05) is 44.5 Å². The van der Waals surface area contributed by atoms with E-state index in [1.165, 1.54) is 0 Å². The third-order valence-corrected chi connectivity index (χ3v) is 2.84. The number of nitrogens with one attached hydrogen (secondary N) is 2. The summed E-state index contributed by atoms with van der Waals surface area (Å²) < 4.78 is 0. The number of anilines is 1. The minimum atomic E-state index is -0.198. The van der Waals surface area contributed by atoms with E-state index in [4.69, 9.17) is 0 Å². The van der Waals surface area contributed by atoms with Crippen LogP contribution in [-0.2, 0) is 0 Å². The molecule has 1 rings (SSSR count). The summed E-state index contributed by atoms with van der Waals surface area (Å²) in [5.74, 6) is 0.384. The minimum Gasteiger partial charge on any atom is -0.314 e. The van der Waals surface area contributed by atoms with Crippen LogP contribution in [0.25, 0.3) is 0 Å². The molecule has 0 saturated carbocycles. The van der Waals surface area contributed by atoms with Gasteiger partial charge in [0.15, 0.2) is 0 Å². The van der Waals surface area contributed by atoms with E-state index in [0.29, 0.717) is 5.92 Å². The summed E-state index contributed by atoms with van der Waals surface area (Å²) in [7, 11) is 0. The van der Waals surface area contributed by atoms with Crippen LogP contribution in [0.2, 0.25) is 0 Å². The van der Waals surface area contributed by atoms with Crippen molar-refractivity contribution >= 4 is 11.7 Å². The lowest BCUT2D eigenvalue weighted by atomic mass is 10.0. The fraction of sp³-hybridized carbons (Fsp3) is 0.400. The third-order valence-electron chi connectivity index (χ3n) is 2.84. The molecule has 2 amide bonds. The Bertz CT molecular complexity index is 436. The summed E-state index contributed by atoms with van der Waals surface area (Å²) in [6.45, 7) is 8.26. The van der Waals surface area contributed by atoms with Crippen LogP contribution in [0.5, 0.6) is 0 Å². The van der Waals surface area contributed by atoms with Crippen LogP contribution in [-0.4, -0.2) is 6.03 Å². The van der Waals surface area contributed by atoms with Crippen molar-refractivity contribution in [2.45, 2.75) is 40.0 Å². The second-order valence-electron chi connectivity index (χ2n) is 4.68. The van der Waals surface area contributed by atoms with E-state index >= 15 is 0 Å². The first-order valence-electron chi connectivity index (χ1n) is 6.36. The van der Waals surface area contributed by atoms with Crippen molar-refractivity contribution in [2.75, 3.05) is 5.32 Å². The molecule has 0 fully saturated rings. The smallest absolute Gasteiger partial charge is 0.314 e. The monoisotopic (exact) mass is 246 g/mol. The highest BCUT2D eigenvalue weighted by atomic mass is 16.2. The topological polar surface area (TPSA) is 41.1 Å². The lowest BCUT2D eigenvalue weighted by Crippen LogP contribution is -2.24. The van der Waals surface area contributed by atoms with Gasteiger partial charge < -0.3 is 10.6 Å². The van der Waals surface area contributed by atoms with Crippen molar-refractivity contribution in [3.8, 4) is 0 Å². The van der Waals surface area contributed by atoms with Crippen LogP contribution in [0.4, 0.5) is 10.5 Å². The molecular weight excluding hydrogens is 224 g/mol. The van der Waals surface area contributed by atoms with Crippen molar-refractivity contribution < 1.29 is 4.79 Å². The summed E-state index contributed by atoms with van der Waals surface area (Å²) >= 11 is 0. The molecule has 0 saturated heterocycles. The Morgan fingerprint density at radius 2 is 2.00 bits per heavy atom. The van der Waals surface area contributed by atoms with Crippen molar-refractivity contribution in [3.05, 3.63) is 41.6 Å². The molecule has 0 aromatic heterocycles. The van der Waals surface area contributed by atoms with Crippen molar-refractivity contribution in [1.82, 2.24) is 5.32 Å². The first kappa shape index (κ1) is 14.3. The quantitative estimate of drug-likeness (QED) is 0.819. The summed E-state index contributed by atoms with van der Waals surface area (Å²) in [6.07, 6.45) is 2.68. The highest BCUT2D eigenvalue weighted by molar-refractivity contribution is 5.90. The number of urea groups is 1. The Morgan fingerprint density at radius 3 is 2.61 bits per heavy atom. The molecule has 3 heteroatoms. The average molecular weight is 246 g/mol. The fourth-order valence-corrected chi connectivity index (χ4v) is 1.56. The van der Waals surface area contributed by atoms with Gasteiger partial charge in [-0.3, -0.25) is 0 Å². The number of hydrogen-bond acceptors (Lipinski definition) is 1. The Labute approximate surface area is 109 Å². The number of rotatable bonds is 4. The number of para-hydroxylation sites is 1. The van der Waals surface area contributed by atoms with Crippen LogP contribution in [0.15, 0.2) is 36.0 Å². The van der Waals surface area contributed by atoms with Gasteiger partial charge in [-0.2, -0.15) is 0 Å². The van der Waals surface area contributed by atoms with Gasteiger partial charge in [0.2, 0.25) is 0 Å². The molecule has 0 bridgehead atoms. The maximum absolute atomic E-state index is 11.7. The Kier molecular flexibility index (Phi) is 5.43. The Morgan fingerprint density at radius 1 is 1.33 bits per heavy atom. The molecule has 2 N–H and O–H groups in total. The van der Waals surface area contributed by atoms with Gasteiger partial charge in [0, 0.05) is 11.9 Å². The molecule has 0 atom stereocenters. The summed E-state index contributed by atoms with van der Waals surface area (Å²) in [5.41, 5.74) is 3.15. The van der Waals surface area contributed by atoms with Crippen LogP contribution >= 0.6 is 0 Å². The second-order valence-corrected chi connectivity index (χ2v) is 4.68. The zero-order valence-corrected chi connectivity index (χ0v) is 11.6. The van der Waals surface area contributed by atoms with Gasteiger partial charge in [-0.05, 0) is 30.9 Å². The maximum atomic E-state index is 11.7. The molecule has 0 heterocycles. The average Bonchev–Trinajstić information content (AvgIpc) is 2.36. The normalized spacial score (nSPS) is 11.5. The molecule has 18 heavy (non-hydrogen) atoms. The maximum Gasteiger partial charge on any atom is 0.323 e. The second kappa shape index (κ2) is 6.84. The number of amides is 2. The van der Waals surface area contributed by atoms with Gasteiger partial charge in [0.25, 0.3) is 0 Å². The molecule has 1 aromatic rings. The zero-order chi connectivity index (χ0) is 13.5. The van der Waals surface area contributed by atoms with E-state index in [2.05, 4.69) is 31.4 Å². The fourth-order valence-electron chi connectivity index (χ4n) is 1.56. The van der Waals surface area contributed by atoms with E-state index in [1.54, 1.807) is 6.20 Å². The van der Waals surface area contributed by atoms with Crippen LogP contribution < -0.4 is 10.6 Å². The summed E-state index contributed by atoms with van der Waals surface area (Å²) in [4.78, 5) is 11.7. The molecule has 0 spiro atoms. The molecule has 0 aliphatic rings. The van der Waals surface area contributed by atoms with Crippen molar-refractivity contribution in [1.29, 1.82) is 0 Å². The van der Waals surface area contributed by atoms with Crippen LogP contribution in [0.1, 0.15) is 45.6 Å². The van der Waals surface area contributed by atoms with Gasteiger partial charge in [-0.25, -0.2) is 4.79 Å². The largest absolute Gasteiger partial charge is 0.323 e. The first-order chi connectivity index (χ1) is 8.54. The molecule has 3 nitrogen and oxygen atoms in total. The molecule has 0 unspecified atom stereocenters. The van der Waals surface area contributed by atoms with E-state index in [-0.39, 0.29) is 6.03 Å². The lowest BCUT2D eigenvalue weighted by molar-refractivity contribution is 0.255. The molecule has 0 radical (unpaired) electrons. The third kappa shape index (κ3) is 4.24. The van der Waals surface area contributed by atoms with Crippen molar-refractivity contribution in [3.63, 3.8) is 0 Å². The molecule has 0 aliphatic carbocycles. The van der Waals surface area contributed by atoms with Gasteiger partial charge in [0.1, 0.15) is 0 Å². The van der Waals surface area contributed by atoms with Gasteiger partial charge in [-0.15, -0.1) is 0 Å². The number of carbonyl (C=O) groups excluding carboxylic acids is 1. The number of benzene rings is 1. The van der Waals surface area contributed by atoms with Gasteiger partial charge >= 0.3 is 6.03 Å². The Hall–Kier alpha value is -1.77. The van der Waals surface area contributed by atoms with Crippen molar-refractivity contribution in [2.24, 2.45) is 0 Å². The summed E-state index contributed by atoms with van der Waals surface area (Å²) in [6, 6.07) is 7.67. The first-order valence-corrected chi connectivity index (χ1v) is 6.36. The minimum absolute atomic E-state index is 0.198. The number of hydrogen-bond donors (Lipinski definition) is 2. The van der Waals surface area contributed by atoms with Crippen LogP contribution in [0.3, 0.4) is 0 Å². The SMILES string of the molecule is CC/C(C)=C/NC(=O)Nc1ccccc1C(C)C.